The Balaban J connectivity index is 1.85. The minimum atomic E-state index is 0.719. The summed E-state index contributed by atoms with van der Waals surface area (Å²) < 4.78 is 0. The molecule has 152 valence electrons. The van der Waals surface area contributed by atoms with Gasteiger partial charge in [-0.05, 0) is 38.7 Å². The summed E-state index contributed by atoms with van der Waals surface area (Å²) in [6.07, 6.45) is 13.7. The standard InChI is InChI=1S/C22H33N5S/c1-4-6-10-14-23-20-19(21-26-17-12-8-9-13-18(17)28-21)16(3)25-22(27-20)24-15-11-7-5-2/h8,12H,4-7,9-11,13-15H2,1-3H3,(H2,23,24,25,27). The lowest BCUT2D eigenvalue weighted by molar-refractivity contribution is 0.738. The first-order valence-electron chi connectivity index (χ1n) is 10.8. The van der Waals surface area contributed by atoms with Crippen LogP contribution in [-0.2, 0) is 6.42 Å². The van der Waals surface area contributed by atoms with Crippen molar-refractivity contribution in [3.8, 4) is 10.6 Å². The molecule has 0 spiro atoms. The van der Waals surface area contributed by atoms with Crippen LogP contribution in [0.4, 0.5) is 11.8 Å². The zero-order valence-electron chi connectivity index (χ0n) is 17.5. The Morgan fingerprint density at radius 1 is 0.964 bits per heavy atom. The maximum Gasteiger partial charge on any atom is 0.224 e. The van der Waals surface area contributed by atoms with Crippen LogP contribution in [0.2, 0.25) is 0 Å². The number of nitrogens with zero attached hydrogens (tertiary/aromatic N) is 3. The number of hydrogen-bond acceptors (Lipinski definition) is 6. The Bertz CT molecular complexity index is 796. The quantitative estimate of drug-likeness (QED) is 0.449. The third-order valence-electron chi connectivity index (χ3n) is 4.98. The second-order valence-corrected chi connectivity index (χ2v) is 8.48. The second kappa shape index (κ2) is 10.6. The first-order valence-corrected chi connectivity index (χ1v) is 11.6. The minimum absolute atomic E-state index is 0.719. The number of fused-ring (bicyclic) bond motifs is 1. The van der Waals surface area contributed by atoms with E-state index < -0.39 is 0 Å². The Labute approximate surface area is 173 Å². The molecule has 0 saturated carbocycles. The average molecular weight is 400 g/mol. The van der Waals surface area contributed by atoms with Gasteiger partial charge in [-0.2, -0.15) is 4.98 Å². The van der Waals surface area contributed by atoms with Crippen LogP contribution in [0, 0.1) is 6.92 Å². The van der Waals surface area contributed by atoms with Crippen LogP contribution in [0.15, 0.2) is 6.08 Å². The highest BCUT2D eigenvalue weighted by atomic mass is 32.1. The number of thiazole rings is 1. The van der Waals surface area contributed by atoms with Crippen molar-refractivity contribution in [2.75, 3.05) is 23.7 Å². The van der Waals surface area contributed by atoms with Crippen molar-refractivity contribution in [3.63, 3.8) is 0 Å². The van der Waals surface area contributed by atoms with E-state index in [0.717, 1.165) is 72.5 Å². The lowest BCUT2D eigenvalue weighted by atomic mass is 10.1. The lowest BCUT2D eigenvalue weighted by Gasteiger charge is -2.14. The van der Waals surface area contributed by atoms with E-state index in [9.17, 15) is 0 Å². The Morgan fingerprint density at radius 2 is 1.71 bits per heavy atom. The van der Waals surface area contributed by atoms with Gasteiger partial charge in [-0.1, -0.05) is 45.6 Å². The first kappa shape index (κ1) is 20.8. The predicted molar refractivity (Wildman–Crippen MR) is 121 cm³/mol. The van der Waals surface area contributed by atoms with E-state index in [2.05, 4.69) is 43.6 Å². The summed E-state index contributed by atoms with van der Waals surface area (Å²) in [6.45, 7) is 8.36. The van der Waals surface area contributed by atoms with Crippen molar-refractivity contribution in [2.45, 2.75) is 72.1 Å². The number of rotatable bonds is 11. The van der Waals surface area contributed by atoms with Gasteiger partial charge >= 0.3 is 0 Å². The van der Waals surface area contributed by atoms with Crippen molar-refractivity contribution < 1.29 is 0 Å². The Morgan fingerprint density at radius 3 is 2.43 bits per heavy atom. The van der Waals surface area contributed by atoms with Gasteiger partial charge in [-0.3, -0.25) is 0 Å². The molecule has 6 heteroatoms. The molecule has 0 unspecified atom stereocenters. The van der Waals surface area contributed by atoms with Gasteiger partial charge in [-0.15, -0.1) is 11.3 Å². The molecular weight excluding hydrogens is 366 g/mol. The molecule has 0 aromatic carbocycles. The molecule has 0 aliphatic heterocycles. The number of allylic oxidation sites excluding steroid dienone is 1. The van der Waals surface area contributed by atoms with Gasteiger partial charge in [0.05, 0.1) is 17.0 Å². The van der Waals surface area contributed by atoms with E-state index in [4.69, 9.17) is 15.0 Å². The minimum Gasteiger partial charge on any atom is -0.369 e. The third kappa shape index (κ3) is 5.31. The number of nitrogens with one attached hydrogen (secondary N) is 2. The molecule has 2 heterocycles. The molecule has 0 saturated heterocycles. The Kier molecular flexibility index (Phi) is 7.83. The van der Waals surface area contributed by atoms with Crippen LogP contribution in [0.25, 0.3) is 16.6 Å². The van der Waals surface area contributed by atoms with E-state index in [1.54, 1.807) is 11.3 Å². The van der Waals surface area contributed by atoms with Crippen molar-refractivity contribution in [1.29, 1.82) is 0 Å². The molecule has 0 radical (unpaired) electrons. The summed E-state index contributed by atoms with van der Waals surface area (Å²) in [4.78, 5) is 15.8. The molecule has 1 aliphatic carbocycles. The van der Waals surface area contributed by atoms with Crippen molar-refractivity contribution in [3.05, 3.63) is 22.3 Å². The SMILES string of the molecule is CCCCCNc1nc(C)c(-c2nc3c(s2)CCC=C3)c(NCCCCC)n1. The predicted octanol–water partition coefficient (Wildman–Crippen LogP) is 6.07. The van der Waals surface area contributed by atoms with E-state index in [0.29, 0.717) is 0 Å². The van der Waals surface area contributed by atoms with E-state index >= 15 is 0 Å². The normalized spacial score (nSPS) is 12.8. The third-order valence-corrected chi connectivity index (χ3v) is 6.13. The van der Waals surface area contributed by atoms with Gasteiger partial charge in [-0.25, -0.2) is 9.97 Å². The van der Waals surface area contributed by atoms with E-state index in [-0.39, 0.29) is 0 Å². The summed E-state index contributed by atoms with van der Waals surface area (Å²) in [5.41, 5.74) is 3.16. The van der Waals surface area contributed by atoms with Crippen LogP contribution in [0.3, 0.4) is 0 Å². The van der Waals surface area contributed by atoms with Gasteiger partial charge in [0.25, 0.3) is 0 Å². The van der Waals surface area contributed by atoms with Crippen LogP contribution in [0.1, 0.15) is 75.1 Å². The van der Waals surface area contributed by atoms with Crippen LogP contribution in [0.5, 0.6) is 0 Å². The van der Waals surface area contributed by atoms with Crippen LogP contribution >= 0.6 is 11.3 Å². The highest BCUT2D eigenvalue weighted by molar-refractivity contribution is 7.15. The number of hydrogen-bond donors (Lipinski definition) is 2. The molecule has 0 atom stereocenters. The summed E-state index contributed by atoms with van der Waals surface area (Å²) in [7, 11) is 0. The van der Waals surface area contributed by atoms with E-state index in [1.165, 1.54) is 30.6 Å². The summed E-state index contributed by atoms with van der Waals surface area (Å²) in [5.74, 6) is 1.63. The monoisotopic (exact) mass is 399 g/mol. The number of unbranched alkanes of at least 4 members (excludes halogenated alkanes) is 4. The maximum atomic E-state index is 4.89. The van der Waals surface area contributed by atoms with E-state index in [1.807, 2.05) is 0 Å². The van der Waals surface area contributed by atoms with Crippen LogP contribution in [-0.4, -0.2) is 28.0 Å². The maximum absolute atomic E-state index is 4.89. The largest absolute Gasteiger partial charge is 0.369 e. The summed E-state index contributed by atoms with van der Waals surface area (Å²) in [6, 6.07) is 0. The zero-order valence-corrected chi connectivity index (χ0v) is 18.3. The molecule has 2 aromatic rings. The summed E-state index contributed by atoms with van der Waals surface area (Å²) in [5, 5.41) is 8.00. The molecule has 28 heavy (non-hydrogen) atoms. The Hall–Kier alpha value is -1.95. The van der Waals surface area contributed by atoms with Crippen molar-refractivity contribution in [2.24, 2.45) is 0 Å². The highest BCUT2D eigenvalue weighted by Gasteiger charge is 2.20. The molecule has 0 bridgehead atoms. The molecule has 2 aromatic heterocycles. The first-order chi connectivity index (χ1) is 13.7. The van der Waals surface area contributed by atoms with Gasteiger partial charge in [0, 0.05) is 18.0 Å². The molecule has 3 rings (SSSR count). The number of aryl methyl sites for hydroxylation is 2. The van der Waals surface area contributed by atoms with Gasteiger partial charge < -0.3 is 10.6 Å². The fourth-order valence-electron chi connectivity index (χ4n) is 3.38. The fraction of sp³-hybridized carbons (Fsp3) is 0.591. The molecule has 2 N–H and O–H groups in total. The zero-order chi connectivity index (χ0) is 19.8. The molecule has 0 amide bonds. The topological polar surface area (TPSA) is 62.7 Å². The smallest absolute Gasteiger partial charge is 0.224 e. The van der Waals surface area contributed by atoms with Gasteiger partial charge in [0.15, 0.2) is 0 Å². The van der Waals surface area contributed by atoms with Gasteiger partial charge in [0.1, 0.15) is 10.8 Å². The second-order valence-electron chi connectivity index (χ2n) is 7.39. The van der Waals surface area contributed by atoms with Crippen molar-refractivity contribution in [1.82, 2.24) is 15.0 Å². The number of aromatic nitrogens is 3. The lowest BCUT2D eigenvalue weighted by Crippen LogP contribution is -2.11. The molecular formula is C22H33N5S. The summed E-state index contributed by atoms with van der Waals surface area (Å²) >= 11 is 1.79. The average Bonchev–Trinajstić information content (AvgIpc) is 3.12. The number of anilines is 2. The molecule has 5 nitrogen and oxygen atoms in total. The fourth-order valence-corrected chi connectivity index (χ4v) is 4.54. The van der Waals surface area contributed by atoms with Gasteiger partial charge in [0.2, 0.25) is 5.95 Å². The molecule has 0 fully saturated rings. The van der Waals surface area contributed by atoms with Crippen LogP contribution < -0.4 is 10.6 Å². The highest BCUT2D eigenvalue weighted by Crippen LogP contribution is 2.37. The molecule has 1 aliphatic rings. The van der Waals surface area contributed by atoms with Crippen molar-refractivity contribution >= 4 is 29.2 Å².